The zero-order valence-corrected chi connectivity index (χ0v) is 20.3. The Balaban J connectivity index is 1.14. The van der Waals surface area contributed by atoms with Crippen molar-refractivity contribution in [2.45, 2.75) is 44.8 Å². The van der Waals surface area contributed by atoms with Crippen LogP contribution in [0.15, 0.2) is 42.7 Å². The van der Waals surface area contributed by atoms with Crippen molar-refractivity contribution in [3.05, 3.63) is 59.4 Å². The van der Waals surface area contributed by atoms with Crippen LogP contribution in [0.4, 0.5) is 5.69 Å². The Morgan fingerprint density at radius 3 is 2.69 bits per heavy atom. The summed E-state index contributed by atoms with van der Waals surface area (Å²) in [7, 11) is 1.89. The van der Waals surface area contributed by atoms with Crippen LogP contribution in [0.1, 0.15) is 47.2 Å². The van der Waals surface area contributed by atoms with Gasteiger partial charge >= 0.3 is 0 Å². The Morgan fingerprint density at radius 1 is 1.06 bits per heavy atom. The minimum Gasteiger partial charge on any atom is -0.488 e. The number of carbonyl (C=O) groups is 1. The Bertz CT molecular complexity index is 1230. The van der Waals surface area contributed by atoms with Crippen molar-refractivity contribution in [2.75, 3.05) is 38.3 Å². The molecule has 7 nitrogen and oxygen atoms in total. The molecule has 0 bridgehead atoms. The predicted octanol–water partition coefficient (Wildman–Crippen LogP) is 4.23. The maximum Gasteiger partial charge on any atom is 0.254 e. The first-order valence-corrected chi connectivity index (χ1v) is 12.8. The van der Waals surface area contributed by atoms with Crippen molar-refractivity contribution in [1.82, 2.24) is 14.9 Å². The molecular weight excluding hydrogens is 440 g/mol. The smallest absolute Gasteiger partial charge is 0.254 e. The molecule has 35 heavy (non-hydrogen) atoms. The molecule has 182 valence electrons. The SMILES string of the molecule is CN1Cc2c(CC3CCC(Oc4cc(N5CCOCC5)cc5nccnc45)CC3)cccc2C1=O. The van der Waals surface area contributed by atoms with E-state index >= 15 is 0 Å². The fraction of sp³-hybridized carbons (Fsp3) is 0.464. The highest BCUT2D eigenvalue weighted by Crippen LogP contribution is 2.36. The molecule has 0 N–H and O–H groups in total. The van der Waals surface area contributed by atoms with Gasteiger partial charge in [-0.1, -0.05) is 12.1 Å². The van der Waals surface area contributed by atoms with E-state index in [9.17, 15) is 4.79 Å². The molecule has 6 rings (SSSR count). The number of carbonyl (C=O) groups excluding carboxylic acids is 1. The van der Waals surface area contributed by atoms with Crippen LogP contribution in [0.25, 0.3) is 11.0 Å². The van der Waals surface area contributed by atoms with Gasteiger partial charge in [0.15, 0.2) is 0 Å². The maximum atomic E-state index is 12.4. The van der Waals surface area contributed by atoms with E-state index < -0.39 is 0 Å². The summed E-state index contributed by atoms with van der Waals surface area (Å²) in [5.74, 6) is 1.61. The van der Waals surface area contributed by atoms with E-state index in [-0.39, 0.29) is 12.0 Å². The van der Waals surface area contributed by atoms with Crippen molar-refractivity contribution < 1.29 is 14.3 Å². The first-order chi connectivity index (χ1) is 17.2. The molecular formula is C28H32N4O3. The molecule has 7 heteroatoms. The zero-order chi connectivity index (χ0) is 23.8. The summed E-state index contributed by atoms with van der Waals surface area (Å²) in [6, 6.07) is 10.4. The summed E-state index contributed by atoms with van der Waals surface area (Å²) in [5.41, 5.74) is 6.28. The number of aromatic nitrogens is 2. The summed E-state index contributed by atoms with van der Waals surface area (Å²) in [4.78, 5) is 25.7. The fourth-order valence-corrected chi connectivity index (χ4v) is 5.79. The molecule has 3 heterocycles. The number of morpholine rings is 1. The Labute approximate surface area is 206 Å². The van der Waals surface area contributed by atoms with Crippen LogP contribution in [0.3, 0.4) is 0 Å². The third-order valence-corrected chi connectivity index (χ3v) is 7.74. The first kappa shape index (κ1) is 22.3. The summed E-state index contributed by atoms with van der Waals surface area (Å²) < 4.78 is 12.1. The molecule has 2 aliphatic heterocycles. The van der Waals surface area contributed by atoms with Gasteiger partial charge in [-0.2, -0.15) is 0 Å². The Kier molecular flexibility index (Phi) is 6.02. The minimum absolute atomic E-state index is 0.147. The third-order valence-electron chi connectivity index (χ3n) is 7.74. The minimum atomic E-state index is 0.147. The van der Waals surface area contributed by atoms with Gasteiger partial charge in [0.2, 0.25) is 0 Å². The quantitative estimate of drug-likeness (QED) is 0.554. The van der Waals surface area contributed by atoms with Crippen LogP contribution >= 0.6 is 0 Å². The highest BCUT2D eigenvalue weighted by Gasteiger charge is 2.29. The van der Waals surface area contributed by atoms with Crippen LogP contribution in [0.5, 0.6) is 5.75 Å². The lowest BCUT2D eigenvalue weighted by atomic mass is 9.82. The summed E-state index contributed by atoms with van der Waals surface area (Å²) >= 11 is 0. The van der Waals surface area contributed by atoms with Crippen molar-refractivity contribution in [3.63, 3.8) is 0 Å². The second-order valence-electron chi connectivity index (χ2n) is 10.0. The first-order valence-electron chi connectivity index (χ1n) is 12.8. The number of hydrogen-bond acceptors (Lipinski definition) is 6. The van der Waals surface area contributed by atoms with Gasteiger partial charge in [0.05, 0.1) is 24.8 Å². The number of fused-ring (bicyclic) bond motifs is 2. The second kappa shape index (κ2) is 9.46. The van der Waals surface area contributed by atoms with Crippen LogP contribution < -0.4 is 9.64 Å². The summed E-state index contributed by atoms with van der Waals surface area (Å²) in [6.45, 7) is 3.97. The molecule has 1 amide bonds. The Hall–Kier alpha value is -3.19. The third kappa shape index (κ3) is 4.45. The Morgan fingerprint density at radius 2 is 1.86 bits per heavy atom. The summed E-state index contributed by atoms with van der Waals surface area (Å²) in [5, 5.41) is 0. The molecule has 1 saturated heterocycles. The van der Waals surface area contributed by atoms with E-state index in [4.69, 9.17) is 9.47 Å². The number of rotatable bonds is 5. The molecule has 0 unspecified atom stereocenters. The van der Waals surface area contributed by atoms with Crippen molar-refractivity contribution in [2.24, 2.45) is 5.92 Å². The fourth-order valence-electron chi connectivity index (χ4n) is 5.79. The predicted molar refractivity (Wildman–Crippen MR) is 135 cm³/mol. The monoisotopic (exact) mass is 472 g/mol. The highest BCUT2D eigenvalue weighted by atomic mass is 16.5. The van der Waals surface area contributed by atoms with E-state index in [1.54, 1.807) is 12.4 Å². The second-order valence-corrected chi connectivity index (χ2v) is 10.0. The van der Waals surface area contributed by atoms with Gasteiger partial charge in [0.25, 0.3) is 5.91 Å². The van der Waals surface area contributed by atoms with Crippen LogP contribution in [-0.4, -0.2) is 60.2 Å². The molecule has 3 aliphatic rings. The number of benzene rings is 2. The maximum absolute atomic E-state index is 12.4. The van der Waals surface area contributed by atoms with Gasteiger partial charge in [-0.3, -0.25) is 9.78 Å². The molecule has 2 fully saturated rings. The van der Waals surface area contributed by atoms with Crippen molar-refractivity contribution in [3.8, 4) is 5.75 Å². The molecule has 1 saturated carbocycles. The van der Waals surface area contributed by atoms with Crippen LogP contribution in [0, 0.1) is 5.92 Å². The molecule has 3 aromatic rings. The molecule has 1 aromatic heterocycles. The van der Waals surface area contributed by atoms with Crippen molar-refractivity contribution in [1.29, 1.82) is 0 Å². The average molecular weight is 473 g/mol. The van der Waals surface area contributed by atoms with E-state index in [1.807, 2.05) is 24.1 Å². The molecule has 0 spiro atoms. The van der Waals surface area contributed by atoms with E-state index in [0.29, 0.717) is 5.92 Å². The average Bonchev–Trinajstić information content (AvgIpc) is 3.20. The molecule has 0 atom stereocenters. The number of hydrogen-bond donors (Lipinski definition) is 0. The molecule has 0 radical (unpaired) electrons. The lowest BCUT2D eigenvalue weighted by molar-refractivity contribution is 0.0816. The number of nitrogens with zero attached hydrogens (tertiary/aromatic N) is 4. The van der Waals surface area contributed by atoms with Gasteiger partial charge in [-0.25, -0.2) is 4.98 Å². The van der Waals surface area contributed by atoms with Gasteiger partial charge in [-0.15, -0.1) is 0 Å². The van der Waals surface area contributed by atoms with Gasteiger partial charge < -0.3 is 19.3 Å². The molecule has 2 aromatic carbocycles. The number of ether oxygens (including phenoxy) is 2. The van der Waals surface area contributed by atoms with Crippen LogP contribution in [0.2, 0.25) is 0 Å². The number of amides is 1. The van der Waals surface area contributed by atoms with Gasteiger partial charge in [0.1, 0.15) is 11.3 Å². The highest BCUT2D eigenvalue weighted by molar-refractivity contribution is 5.98. The summed E-state index contributed by atoms with van der Waals surface area (Å²) in [6.07, 6.45) is 9.02. The standard InChI is InChI=1S/C28H32N4O3/c1-31-18-24-20(3-2-4-23(24)28(31)33)15-19-5-7-22(8-6-19)35-26-17-21(32-11-13-34-14-12-32)16-25-27(26)30-10-9-29-25/h2-4,9-10,16-17,19,22H,5-8,11-15,18H2,1H3. The lowest BCUT2D eigenvalue weighted by Gasteiger charge is -2.31. The van der Waals surface area contributed by atoms with Crippen LogP contribution in [-0.2, 0) is 17.7 Å². The zero-order valence-electron chi connectivity index (χ0n) is 20.3. The van der Waals surface area contributed by atoms with E-state index in [1.165, 1.54) is 11.1 Å². The van der Waals surface area contributed by atoms with E-state index in [0.717, 1.165) is 93.0 Å². The van der Waals surface area contributed by atoms with E-state index in [2.05, 4.69) is 33.1 Å². The van der Waals surface area contributed by atoms with Crippen molar-refractivity contribution >= 4 is 22.6 Å². The van der Waals surface area contributed by atoms with Gasteiger partial charge in [0, 0.05) is 56.4 Å². The molecule has 1 aliphatic carbocycles. The van der Waals surface area contributed by atoms with Gasteiger partial charge in [-0.05, 0) is 61.3 Å². The number of anilines is 1. The lowest BCUT2D eigenvalue weighted by Crippen LogP contribution is -2.36. The normalized spacial score (nSPS) is 22.5. The largest absolute Gasteiger partial charge is 0.488 e. The topological polar surface area (TPSA) is 67.8 Å².